The molecule has 0 aliphatic heterocycles. The highest BCUT2D eigenvalue weighted by molar-refractivity contribution is 14.0. The highest BCUT2D eigenvalue weighted by atomic mass is 127. The topological polar surface area (TPSA) is 46.1 Å². The van der Waals surface area contributed by atoms with Crippen molar-refractivity contribution in [2.24, 2.45) is 4.99 Å². The zero-order chi connectivity index (χ0) is 18.8. The first-order valence-corrected chi connectivity index (χ1v) is 8.50. The maximum absolute atomic E-state index is 13.8. The van der Waals surface area contributed by atoms with Crippen LogP contribution in [0.15, 0.2) is 53.5 Å². The van der Waals surface area contributed by atoms with Crippen molar-refractivity contribution in [2.75, 3.05) is 34.4 Å². The molecule has 0 aliphatic rings. The van der Waals surface area contributed by atoms with Crippen LogP contribution in [0.2, 0.25) is 0 Å². The van der Waals surface area contributed by atoms with Crippen molar-refractivity contribution in [3.8, 4) is 5.75 Å². The molecule has 27 heavy (non-hydrogen) atoms. The van der Waals surface area contributed by atoms with E-state index in [1.54, 1.807) is 13.1 Å². The van der Waals surface area contributed by atoms with Crippen molar-refractivity contribution < 1.29 is 13.9 Å². The fourth-order valence-electron chi connectivity index (χ4n) is 2.54. The highest BCUT2D eigenvalue weighted by Crippen LogP contribution is 2.18. The lowest BCUT2D eigenvalue weighted by Crippen LogP contribution is -2.39. The van der Waals surface area contributed by atoms with Crippen LogP contribution < -0.4 is 10.1 Å². The Bertz CT molecular complexity index is 714. The van der Waals surface area contributed by atoms with Crippen molar-refractivity contribution in [1.82, 2.24) is 10.2 Å². The van der Waals surface area contributed by atoms with Crippen LogP contribution in [0, 0.1) is 5.82 Å². The Morgan fingerprint density at radius 2 is 1.89 bits per heavy atom. The van der Waals surface area contributed by atoms with Crippen LogP contribution in [0.3, 0.4) is 0 Å². The van der Waals surface area contributed by atoms with Crippen LogP contribution in [-0.4, -0.2) is 45.2 Å². The van der Waals surface area contributed by atoms with Crippen LogP contribution in [0.5, 0.6) is 5.75 Å². The second-order valence-electron chi connectivity index (χ2n) is 5.84. The number of halogens is 2. The SMILES string of the molecule is CN=C(NCCOCc1ccccc1)N(C)Cc1ccc(OC)c(F)c1.I. The number of hydrogen-bond donors (Lipinski definition) is 1. The summed E-state index contributed by atoms with van der Waals surface area (Å²) in [4.78, 5) is 6.18. The van der Waals surface area contributed by atoms with Gasteiger partial charge in [-0.1, -0.05) is 36.4 Å². The smallest absolute Gasteiger partial charge is 0.193 e. The minimum atomic E-state index is -0.365. The Morgan fingerprint density at radius 1 is 1.15 bits per heavy atom. The van der Waals surface area contributed by atoms with Crippen molar-refractivity contribution in [2.45, 2.75) is 13.2 Å². The van der Waals surface area contributed by atoms with Crippen molar-refractivity contribution >= 4 is 29.9 Å². The number of benzene rings is 2. The van der Waals surface area contributed by atoms with E-state index in [2.05, 4.69) is 10.3 Å². The molecular weight excluding hydrogens is 460 g/mol. The predicted octanol–water partition coefficient (Wildman–Crippen LogP) is 3.68. The van der Waals surface area contributed by atoms with Gasteiger partial charge in [0.05, 0.1) is 20.3 Å². The van der Waals surface area contributed by atoms with Crippen molar-refractivity contribution in [3.63, 3.8) is 0 Å². The van der Waals surface area contributed by atoms with E-state index in [4.69, 9.17) is 9.47 Å². The lowest BCUT2D eigenvalue weighted by Gasteiger charge is -2.22. The van der Waals surface area contributed by atoms with E-state index >= 15 is 0 Å². The van der Waals surface area contributed by atoms with E-state index in [0.717, 1.165) is 17.1 Å². The van der Waals surface area contributed by atoms with Gasteiger partial charge in [-0.3, -0.25) is 4.99 Å². The Morgan fingerprint density at radius 3 is 2.52 bits per heavy atom. The van der Waals surface area contributed by atoms with Gasteiger partial charge in [0.15, 0.2) is 17.5 Å². The summed E-state index contributed by atoms with van der Waals surface area (Å²) in [6, 6.07) is 15.0. The van der Waals surface area contributed by atoms with Crippen molar-refractivity contribution in [1.29, 1.82) is 0 Å². The number of hydrogen-bond acceptors (Lipinski definition) is 3. The van der Waals surface area contributed by atoms with E-state index in [9.17, 15) is 4.39 Å². The summed E-state index contributed by atoms with van der Waals surface area (Å²) in [5.41, 5.74) is 1.99. The van der Waals surface area contributed by atoms with E-state index < -0.39 is 0 Å². The third kappa shape index (κ3) is 7.72. The third-order valence-electron chi connectivity index (χ3n) is 3.85. The second kappa shape index (κ2) is 12.5. The molecule has 2 aromatic rings. The van der Waals surface area contributed by atoms with Gasteiger partial charge in [-0.25, -0.2) is 4.39 Å². The Hall–Kier alpha value is -1.87. The zero-order valence-corrected chi connectivity index (χ0v) is 18.3. The summed E-state index contributed by atoms with van der Waals surface area (Å²) in [7, 11) is 5.08. The molecular formula is C20H27FIN3O2. The Labute approximate surface area is 177 Å². The quantitative estimate of drug-likeness (QED) is 0.267. The largest absolute Gasteiger partial charge is 0.494 e. The van der Waals surface area contributed by atoms with Gasteiger partial charge < -0.3 is 19.7 Å². The molecule has 0 amide bonds. The number of rotatable bonds is 8. The Kier molecular flexibility index (Phi) is 10.7. The molecule has 0 spiro atoms. The maximum Gasteiger partial charge on any atom is 0.193 e. The molecule has 5 nitrogen and oxygen atoms in total. The molecule has 2 rings (SSSR count). The first kappa shape index (κ1) is 23.2. The monoisotopic (exact) mass is 487 g/mol. The summed E-state index contributed by atoms with van der Waals surface area (Å²) in [5, 5.41) is 3.25. The molecule has 0 fully saturated rings. The molecule has 0 aliphatic carbocycles. The summed E-state index contributed by atoms with van der Waals surface area (Å²) in [6.45, 7) is 2.33. The van der Waals surface area contributed by atoms with Crippen LogP contribution in [-0.2, 0) is 17.9 Å². The third-order valence-corrected chi connectivity index (χ3v) is 3.85. The zero-order valence-electron chi connectivity index (χ0n) is 15.9. The number of aliphatic imine (C=N–C) groups is 1. The molecule has 1 N–H and O–H groups in total. The molecule has 0 radical (unpaired) electrons. The molecule has 0 saturated heterocycles. The fourth-order valence-corrected chi connectivity index (χ4v) is 2.54. The maximum atomic E-state index is 13.8. The first-order chi connectivity index (χ1) is 12.6. The van der Waals surface area contributed by atoms with Gasteiger partial charge in [0.2, 0.25) is 0 Å². The van der Waals surface area contributed by atoms with Gasteiger partial charge in [0, 0.05) is 27.2 Å². The van der Waals surface area contributed by atoms with Crippen molar-refractivity contribution in [3.05, 3.63) is 65.5 Å². The van der Waals surface area contributed by atoms with Crippen LogP contribution in [0.1, 0.15) is 11.1 Å². The summed E-state index contributed by atoms with van der Waals surface area (Å²) >= 11 is 0. The van der Waals surface area contributed by atoms with Gasteiger partial charge >= 0.3 is 0 Å². The van der Waals surface area contributed by atoms with Crippen LogP contribution >= 0.6 is 24.0 Å². The minimum absolute atomic E-state index is 0. The molecule has 2 aromatic carbocycles. The molecule has 0 saturated carbocycles. The van der Waals surface area contributed by atoms with Gasteiger partial charge in [0.1, 0.15) is 0 Å². The van der Waals surface area contributed by atoms with Gasteiger partial charge in [-0.05, 0) is 23.3 Å². The fraction of sp³-hybridized carbons (Fsp3) is 0.350. The molecule has 148 valence electrons. The number of nitrogens with one attached hydrogen (secondary N) is 1. The summed E-state index contributed by atoms with van der Waals surface area (Å²) in [5.74, 6) is 0.606. The number of guanidine groups is 1. The van der Waals surface area contributed by atoms with Crippen LogP contribution in [0.25, 0.3) is 0 Å². The minimum Gasteiger partial charge on any atom is -0.494 e. The van der Waals surface area contributed by atoms with E-state index in [0.29, 0.717) is 26.3 Å². The van der Waals surface area contributed by atoms with E-state index in [1.807, 2.05) is 48.3 Å². The number of nitrogens with zero attached hydrogens (tertiary/aromatic N) is 2. The molecule has 0 atom stereocenters. The van der Waals surface area contributed by atoms with E-state index in [1.165, 1.54) is 13.2 Å². The lowest BCUT2D eigenvalue weighted by molar-refractivity contribution is 0.125. The first-order valence-electron chi connectivity index (χ1n) is 8.50. The van der Waals surface area contributed by atoms with Gasteiger partial charge in [0.25, 0.3) is 0 Å². The molecule has 0 heterocycles. The predicted molar refractivity (Wildman–Crippen MR) is 117 cm³/mol. The Balaban J connectivity index is 0.00000364. The summed E-state index contributed by atoms with van der Waals surface area (Å²) < 4.78 is 24.4. The van der Waals surface area contributed by atoms with E-state index in [-0.39, 0.29) is 35.5 Å². The van der Waals surface area contributed by atoms with Gasteiger partial charge in [-0.2, -0.15) is 0 Å². The molecule has 0 bridgehead atoms. The summed E-state index contributed by atoms with van der Waals surface area (Å²) in [6.07, 6.45) is 0. The number of methoxy groups -OCH3 is 1. The average molecular weight is 487 g/mol. The standard InChI is InChI=1S/C20H26FN3O2.HI/c1-22-20(23-11-12-26-15-16-7-5-4-6-8-16)24(2)14-17-9-10-19(25-3)18(21)13-17;/h4-10,13H,11-12,14-15H2,1-3H3,(H,22,23);1H. The van der Waals surface area contributed by atoms with Crippen LogP contribution in [0.4, 0.5) is 4.39 Å². The average Bonchev–Trinajstić information content (AvgIpc) is 2.65. The lowest BCUT2D eigenvalue weighted by atomic mass is 10.2. The highest BCUT2D eigenvalue weighted by Gasteiger charge is 2.09. The van der Waals surface area contributed by atoms with Gasteiger partial charge in [-0.15, -0.1) is 24.0 Å². The molecule has 0 unspecified atom stereocenters. The number of ether oxygens (including phenoxy) is 2. The normalized spacial score (nSPS) is 10.9. The second-order valence-corrected chi connectivity index (χ2v) is 5.84. The molecule has 0 aromatic heterocycles. The molecule has 7 heteroatoms.